The number of nitrogens with one attached hydrogen (secondary N) is 2. The number of hydrogen-bond donors (Lipinski definition) is 2. The number of rotatable bonds is 2. The maximum atomic E-state index is 11.9. The lowest BCUT2D eigenvalue weighted by atomic mass is 9.97. The van der Waals surface area contributed by atoms with Crippen molar-refractivity contribution in [3.63, 3.8) is 0 Å². The second kappa shape index (κ2) is 4.06. The Hall–Kier alpha value is -1.51. The SMILES string of the molecule is C[C@H]1CCc2cc(C(=O)NC3CC3)ccc2N1. The van der Waals surface area contributed by atoms with Gasteiger partial charge in [-0.15, -0.1) is 0 Å². The first-order chi connectivity index (χ1) is 8.22. The number of benzene rings is 1. The van der Waals surface area contributed by atoms with Crippen LogP contribution in [0.3, 0.4) is 0 Å². The molecule has 17 heavy (non-hydrogen) atoms. The van der Waals surface area contributed by atoms with Crippen molar-refractivity contribution in [2.75, 3.05) is 5.32 Å². The van der Waals surface area contributed by atoms with Crippen LogP contribution in [-0.4, -0.2) is 18.0 Å². The molecule has 1 fully saturated rings. The Labute approximate surface area is 102 Å². The molecule has 1 aliphatic carbocycles. The number of carbonyl (C=O) groups excluding carboxylic acids is 1. The molecule has 3 rings (SSSR count). The Morgan fingerprint density at radius 3 is 2.94 bits per heavy atom. The summed E-state index contributed by atoms with van der Waals surface area (Å²) < 4.78 is 0. The standard InChI is InChI=1S/C14H18N2O/c1-9-2-3-10-8-11(4-7-13(10)15-9)14(17)16-12-5-6-12/h4,7-9,12,15H,2-3,5-6H2,1H3,(H,16,17)/t9-/m0/s1. The molecule has 1 heterocycles. The number of hydrogen-bond acceptors (Lipinski definition) is 2. The minimum absolute atomic E-state index is 0.0777. The first-order valence-corrected chi connectivity index (χ1v) is 6.43. The van der Waals surface area contributed by atoms with E-state index in [1.54, 1.807) is 0 Å². The molecule has 90 valence electrons. The second-order valence-electron chi connectivity index (χ2n) is 5.20. The van der Waals surface area contributed by atoms with Gasteiger partial charge in [0.2, 0.25) is 0 Å². The van der Waals surface area contributed by atoms with E-state index >= 15 is 0 Å². The highest BCUT2D eigenvalue weighted by molar-refractivity contribution is 5.95. The van der Waals surface area contributed by atoms with Crippen molar-refractivity contribution in [1.29, 1.82) is 0 Å². The molecule has 1 aromatic carbocycles. The molecule has 2 aliphatic rings. The van der Waals surface area contributed by atoms with Crippen molar-refractivity contribution < 1.29 is 4.79 Å². The predicted molar refractivity (Wildman–Crippen MR) is 68.3 cm³/mol. The van der Waals surface area contributed by atoms with E-state index in [1.807, 2.05) is 18.2 Å². The van der Waals surface area contributed by atoms with Gasteiger partial charge in [0.25, 0.3) is 5.91 Å². The van der Waals surface area contributed by atoms with Gasteiger partial charge in [0.15, 0.2) is 0 Å². The number of anilines is 1. The number of aryl methyl sites for hydroxylation is 1. The van der Waals surface area contributed by atoms with Crippen molar-refractivity contribution in [1.82, 2.24) is 5.32 Å². The summed E-state index contributed by atoms with van der Waals surface area (Å²) in [6.45, 7) is 2.19. The van der Waals surface area contributed by atoms with Crippen LogP contribution in [-0.2, 0) is 6.42 Å². The van der Waals surface area contributed by atoms with Gasteiger partial charge in [-0.3, -0.25) is 4.79 Å². The van der Waals surface area contributed by atoms with E-state index in [0.717, 1.165) is 31.2 Å². The zero-order valence-electron chi connectivity index (χ0n) is 10.1. The highest BCUT2D eigenvalue weighted by Gasteiger charge is 2.24. The summed E-state index contributed by atoms with van der Waals surface area (Å²) in [5, 5.41) is 6.47. The number of fused-ring (bicyclic) bond motifs is 1. The van der Waals surface area contributed by atoms with Gasteiger partial charge >= 0.3 is 0 Å². The lowest BCUT2D eigenvalue weighted by molar-refractivity contribution is 0.0951. The fraction of sp³-hybridized carbons (Fsp3) is 0.500. The van der Waals surface area contributed by atoms with E-state index in [9.17, 15) is 4.79 Å². The third-order valence-electron chi connectivity index (χ3n) is 3.53. The van der Waals surface area contributed by atoms with Crippen LogP contribution in [0.2, 0.25) is 0 Å². The number of amides is 1. The van der Waals surface area contributed by atoms with Crippen molar-refractivity contribution in [3.05, 3.63) is 29.3 Å². The van der Waals surface area contributed by atoms with Crippen molar-refractivity contribution in [2.24, 2.45) is 0 Å². The Morgan fingerprint density at radius 1 is 1.35 bits per heavy atom. The minimum atomic E-state index is 0.0777. The Balaban J connectivity index is 1.79. The molecule has 1 saturated carbocycles. The van der Waals surface area contributed by atoms with E-state index < -0.39 is 0 Å². The smallest absolute Gasteiger partial charge is 0.251 e. The highest BCUT2D eigenvalue weighted by atomic mass is 16.1. The summed E-state index contributed by atoms with van der Waals surface area (Å²) in [5.74, 6) is 0.0777. The van der Waals surface area contributed by atoms with Crippen molar-refractivity contribution >= 4 is 11.6 Å². The van der Waals surface area contributed by atoms with Gasteiger partial charge < -0.3 is 10.6 Å². The topological polar surface area (TPSA) is 41.1 Å². The summed E-state index contributed by atoms with van der Waals surface area (Å²) in [6, 6.07) is 6.95. The van der Waals surface area contributed by atoms with E-state index in [-0.39, 0.29) is 5.91 Å². The molecule has 1 amide bonds. The van der Waals surface area contributed by atoms with Crippen molar-refractivity contribution in [2.45, 2.75) is 44.7 Å². The van der Waals surface area contributed by atoms with Crippen LogP contribution < -0.4 is 10.6 Å². The first kappa shape index (κ1) is 10.6. The molecular weight excluding hydrogens is 212 g/mol. The average molecular weight is 230 g/mol. The van der Waals surface area contributed by atoms with Crippen LogP contribution in [0.1, 0.15) is 42.1 Å². The predicted octanol–water partition coefficient (Wildman–Crippen LogP) is 2.33. The van der Waals surface area contributed by atoms with Gasteiger partial charge in [-0.2, -0.15) is 0 Å². The Kier molecular flexibility index (Phi) is 2.54. The van der Waals surface area contributed by atoms with E-state index in [4.69, 9.17) is 0 Å². The van der Waals surface area contributed by atoms with Crippen LogP contribution in [0.15, 0.2) is 18.2 Å². The van der Waals surface area contributed by atoms with E-state index in [2.05, 4.69) is 17.6 Å². The van der Waals surface area contributed by atoms with Crippen LogP contribution in [0.5, 0.6) is 0 Å². The largest absolute Gasteiger partial charge is 0.382 e. The molecule has 2 N–H and O–H groups in total. The molecule has 0 saturated heterocycles. The molecule has 3 nitrogen and oxygen atoms in total. The molecule has 3 heteroatoms. The molecule has 0 aromatic heterocycles. The van der Waals surface area contributed by atoms with Crippen LogP contribution in [0.4, 0.5) is 5.69 Å². The van der Waals surface area contributed by atoms with Gasteiger partial charge in [-0.1, -0.05) is 0 Å². The molecule has 0 bridgehead atoms. The lowest BCUT2D eigenvalue weighted by Crippen LogP contribution is -2.26. The maximum absolute atomic E-state index is 11.9. The van der Waals surface area contributed by atoms with Crippen LogP contribution in [0, 0.1) is 0 Å². The molecule has 1 atom stereocenters. The molecule has 0 spiro atoms. The fourth-order valence-electron chi connectivity index (χ4n) is 2.29. The second-order valence-corrected chi connectivity index (χ2v) is 5.20. The summed E-state index contributed by atoms with van der Waals surface area (Å²) in [6.07, 6.45) is 4.47. The van der Waals surface area contributed by atoms with Gasteiger partial charge in [0.1, 0.15) is 0 Å². The van der Waals surface area contributed by atoms with Crippen LogP contribution >= 0.6 is 0 Å². The fourth-order valence-corrected chi connectivity index (χ4v) is 2.29. The van der Waals surface area contributed by atoms with Gasteiger partial charge in [-0.05, 0) is 56.4 Å². The van der Waals surface area contributed by atoms with Crippen molar-refractivity contribution in [3.8, 4) is 0 Å². The zero-order chi connectivity index (χ0) is 11.8. The van der Waals surface area contributed by atoms with Gasteiger partial charge in [0, 0.05) is 23.3 Å². The summed E-state index contributed by atoms with van der Waals surface area (Å²) in [7, 11) is 0. The van der Waals surface area contributed by atoms with Crippen LogP contribution in [0.25, 0.3) is 0 Å². The monoisotopic (exact) mass is 230 g/mol. The normalized spacial score (nSPS) is 22.5. The molecule has 1 aromatic rings. The zero-order valence-corrected chi connectivity index (χ0v) is 10.1. The number of carbonyl (C=O) groups is 1. The Morgan fingerprint density at radius 2 is 2.18 bits per heavy atom. The third-order valence-corrected chi connectivity index (χ3v) is 3.53. The van der Waals surface area contributed by atoms with E-state index in [0.29, 0.717) is 12.1 Å². The summed E-state index contributed by atoms with van der Waals surface area (Å²) >= 11 is 0. The average Bonchev–Trinajstić information content (AvgIpc) is 3.12. The lowest BCUT2D eigenvalue weighted by Gasteiger charge is -2.24. The maximum Gasteiger partial charge on any atom is 0.251 e. The highest BCUT2D eigenvalue weighted by Crippen LogP contribution is 2.26. The Bertz CT molecular complexity index is 452. The quantitative estimate of drug-likeness (QED) is 0.818. The molecule has 1 aliphatic heterocycles. The summed E-state index contributed by atoms with van der Waals surface area (Å²) in [5.41, 5.74) is 3.25. The van der Waals surface area contributed by atoms with Gasteiger partial charge in [0.05, 0.1) is 0 Å². The third kappa shape index (κ3) is 2.28. The summed E-state index contributed by atoms with van der Waals surface area (Å²) in [4.78, 5) is 11.9. The first-order valence-electron chi connectivity index (χ1n) is 6.43. The van der Waals surface area contributed by atoms with Gasteiger partial charge in [-0.25, -0.2) is 0 Å². The molecule has 0 radical (unpaired) electrons. The molecule has 0 unspecified atom stereocenters. The van der Waals surface area contributed by atoms with E-state index in [1.165, 1.54) is 11.3 Å². The minimum Gasteiger partial charge on any atom is -0.382 e. The molecular formula is C14H18N2O.